The summed E-state index contributed by atoms with van der Waals surface area (Å²) in [5, 5.41) is 9.23. The predicted molar refractivity (Wildman–Crippen MR) is 122 cm³/mol. The standard InChI is InChI=1S/C24H23N5O2/c1-15-11-18-20(17-8-4-3-5-9-17)22(23(30)27-14-16-7-6-10-26-13-16)29-21(18)19(12-15)28-24(31)25-2/h3-13,29H,14H2,1-2H3,(H,27,30)(H2,25,28,31). The first-order valence-corrected chi connectivity index (χ1v) is 9.94. The monoisotopic (exact) mass is 413 g/mol. The van der Waals surface area contributed by atoms with Crippen LogP contribution >= 0.6 is 0 Å². The van der Waals surface area contributed by atoms with Crippen molar-refractivity contribution in [2.45, 2.75) is 13.5 Å². The molecule has 0 aliphatic carbocycles. The number of hydrogen-bond acceptors (Lipinski definition) is 3. The number of urea groups is 1. The van der Waals surface area contributed by atoms with Crippen LogP contribution in [0.3, 0.4) is 0 Å². The number of aromatic nitrogens is 2. The Hall–Kier alpha value is -4.13. The molecular weight excluding hydrogens is 390 g/mol. The molecule has 4 N–H and O–H groups in total. The van der Waals surface area contributed by atoms with E-state index in [0.29, 0.717) is 23.4 Å². The minimum absolute atomic E-state index is 0.234. The number of nitrogens with zero attached hydrogens (tertiary/aromatic N) is 1. The van der Waals surface area contributed by atoms with Gasteiger partial charge in [0, 0.05) is 36.9 Å². The van der Waals surface area contributed by atoms with Crippen molar-refractivity contribution in [2.75, 3.05) is 12.4 Å². The number of aromatic amines is 1. The number of nitrogens with one attached hydrogen (secondary N) is 4. The van der Waals surface area contributed by atoms with Crippen LogP contribution in [0, 0.1) is 6.92 Å². The van der Waals surface area contributed by atoms with E-state index in [-0.39, 0.29) is 11.9 Å². The number of pyridine rings is 1. The topological polar surface area (TPSA) is 98.9 Å². The van der Waals surface area contributed by atoms with Crippen LogP contribution in [-0.4, -0.2) is 29.0 Å². The van der Waals surface area contributed by atoms with Crippen LogP contribution in [0.25, 0.3) is 22.0 Å². The van der Waals surface area contributed by atoms with Gasteiger partial charge in [-0.3, -0.25) is 9.78 Å². The summed E-state index contributed by atoms with van der Waals surface area (Å²) in [5.74, 6) is -0.234. The van der Waals surface area contributed by atoms with Crippen molar-refractivity contribution in [3.05, 3.63) is 83.8 Å². The van der Waals surface area contributed by atoms with Crippen molar-refractivity contribution in [2.24, 2.45) is 0 Å². The van der Waals surface area contributed by atoms with Crippen molar-refractivity contribution in [1.29, 1.82) is 0 Å². The predicted octanol–water partition coefficient (Wildman–Crippen LogP) is 4.22. The fourth-order valence-corrected chi connectivity index (χ4v) is 3.57. The molecule has 0 spiro atoms. The third-order valence-electron chi connectivity index (χ3n) is 4.99. The van der Waals surface area contributed by atoms with Crippen molar-refractivity contribution in [3.63, 3.8) is 0 Å². The number of benzene rings is 2. The average Bonchev–Trinajstić information content (AvgIpc) is 3.18. The van der Waals surface area contributed by atoms with Crippen molar-refractivity contribution in [3.8, 4) is 11.1 Å². The maximum absolute atomic E-state index is 13.2. The molecule has 2 aromatic carbocycles. The zero-order chi connectivity index (χ0) is 21.8. The van der Waals surface area contributed by atoms with E-state index in [4.69, 9.17) is 0 Å². The summed E-state index contributed by atoms with van der Waals surface area (Å²) in [5.41, 5.74) is 5.33. The fraction of sp³-hybridized carbons (Fsp3) is 0.125. The van der Waals surface area contributed by atoms with E-state index in [1.807, 2.05) is 61.5 Å². The minimum Gasteiger partial charge on any atom is -0.348 e. The van der Waals surface area contributed by atoms with Gasteiger partial charge in [-0.2, -0.15) is 0 Å². The fourth-order valence-electron chi connectivity index (χ4n) is 3.57. The van der Waals surface area contributed by atoms with Crippen molar-refractivity contribution >= 4 is 28.5 Å². The van der Waals surface area contributed by atoms with Crippen LogP contribution in [0.15, 0.2) is 67.0 Å². The van der Waals surface area contributed by atoms with E-state index < -0.39 is 0 Å². The molecule has 0 saturated carbocycles. The molecule has 0 aliphatic rings. The molecule has 0 aliphatic heterocycles. The number of anilines is 1. The van der Waals surface area contributed by atoms with Gasteiger partial charge >= 0.3 is 6.03 Å². The number of amides is 3. The molecule has 7 heteroatoms. The molecule has 0 radical (unpaired) electrons. The second-order valence-corrected chi connectivity index (χ2v) is 7.22. The second kappa shape index (κ2) is 8.71. The first kappa shape index (κ1) is 20.2. The van der Waals surface area contributed by atoms with E-state index in [2.05, 4.69) is 25.9 Å². The van der Waals surface area contributed by atoms with Crippen LogP contribution < -0.4 is 16.0 Å². The summed E-state index contributed by atoms with van der Waals surface area (Å²) in [6.45, 7) is 2.32. The molecule has 0 atom stereocenters. The van der Waals surface area contributed by atoms with Gasteiger partial charge in [0.05, 0.1) is 11.2 Å². The summed E-state index contributed by atoms with van der Waals surface area (Å²) < 4.78 is 0. The summed E-state index contributed by atoms with van der Waals surface area (Å²) >= 11 is 0. The molecule has 3 amide bonds. The lowest BCUT2D eigenvalue weighted by Gasteiger charge is -2.08. The maximum atomic E-state index is 13.2. The Kier molecular flexibility index (Phi) is 5.66. The molecule has 7 nitrogen and oxygen atoms in total. The molecule has 0 fully saturated rings. The van der Waals surface area contributed by atoms with E-state index in [1.54, 1.807) is 19.4 Å². The molecule has 4 aromatic rings. The Labute approximate surface area is 179 Å². The molecule has 0 bridgehead atoms. The third kappa shape index (κ3) is 4.25. The largest absolute Gasteiger partial charge is 0.348 e. The summed E-state index contributed by atoms with van der Waals surface area (Å²) in [6, 6.07) is 17.0. The van der Waals surface area contributed by atoms with Crippen LogP contribution in [0.4, 0.5) is 10.5 Å². The van der Waals surface area contributed by atoms with Gasteiger partial charge < -0.3 is 20.9 Å². The van der Waals surface area contributed by atoms with Gasteiger partial charge in [-0.15, -0.1) is 0 Å². The summed E-state index contributed by atoms with van der Waals surface area (Å²) in [6.07, 6.45) is 3.41. The third-order valence-corrected chi connectivity index (χ3v) is 4.99. The van der Waals surface area contributed by atoms with E-state index in [1.165, 1.54) is 0 Å². The number of aryl methyl sites for hydroxylation is 1. The zero-order valence-electron chi connectivity index (χ0n) is 17.3. The number of hydrogen-bond donors (Lipinski definition) is 4. The average molecular weight is 413 g/mol. The Bertz CT molecular complexity index is 1230. The van der Waals surface area contributed by atoms with Gasteiger partial charge in [0.2, 0.25) is 0 Å². The van der Waals surface area contributed by atoms with Crippen LogP contribution in [0.1, 0.15) is 21.6 Å². The molecular formula is C24H23N5O2. The molecule has 2 heterocycles. The highest BCUT2D eigenvalue weighted by atomic mass is 16.2. The molecule has 0 unspecified atom stereocenters. The van der Waals surface area contributed by atoms with Gasteiger partial charge in [-0.1, -0.05) is 36.4 Å². The van der Waals surface area contributed by atoms with Gasteiger partial charge in [0.25, 0.3) is 5.91 Å². The highest BCUT2D eigenvalue weighted by Crippen LogP contribution is 2.36. The lowest BCUT2D eigenvalue weighted by atomic mass is 10.00. The summed E-state index contributed by atoms with van der Waals surface area (Å²) in [7, 11) is 1.56. The number of carbonyl (C=O) groups excluding carboxylic acids is 2. The van der Waals surface area contributed by atoms with Gasteiger partial charge in [0.1, 0.15) is 5.69 Å². The SMILES string of the molecule is CNC(=O)Nc1cc(C)cc2c(-c3ccccc3)c(C(=O)NCc3cccnc3)[nH]c12. The Balaban J connectivity index is 1.82. The molecule has 0 saturated heterocycles. The molecule has 31 heavy (non-hydrogen) atoms. The number of carbonyl (C=O) groups is 2. The highest BCUT2D eigenvalue weighted by molar-refractivity contribution is 6.13. The molecule has 4 rings (SSSR count). The molecule has 2 aromatic heterocycles. The van der Waals surface area contributed by atoms with Crippen LogP contribution in [-0.2, 0) is 6.54 Å². The van der Waals surface area contributed by atoms with E-state index in [0.717, 1.165) is 27.6 Å². The van der Waals surface area contributed by atoms with Crippen LogP contribution in [0.5, 0.6) is 0 Å². The van der Waals surface area contributed by atoms with E-state index in [9.17, 15) is 9.59 Å². The van der Waals surface area contributed by atoms with Crippen LogP contribution in [0.2, 0.25) is 0 Å². The second-order valence-electron chi connectivity index (χ2n) is 7.22. The Morgan fingerprint density at radius 1 is 1.06 bits per heavy atom. The smallest absolute Gasteiger partial charge is 0.319 e. The van der Waals surface area contributed by atoms with Crippen molar-refractivity contribution in [1.82, 2.24) is 20.6 Å². The minimum atomic E-state index is -0.328. The highest BCUT2D eigenvalue weighted by Gasteiger charge is 2.21. The maximum Gasteiger partial charge on any atom is 0.319 e. The first-order valence-electron chi connectivity index (χ1n) is 9.94. The van der Waals surface area contributed by atoms with Gasteiger partial charge in [0.15, 0.2) is 0 Å². The van der Waals surface area contributed by atoms with E-state index >= 15 is 0 Å². The number of H-pyrrole nitrogens is 1. The lowest BCUT2D eigenvalue weighted by molar-refractivity contribution is 0.0947. The lowest BCUT2D eigenvalue weighted by Crippen LogP contribution is -2.24. The van der Waals surface area contributed by atoms with Gasteiger partial charge in [-0.05, 0) is 41.8 Å². The number of fused-ring (bicyclic) bond motifs is 1. The Morgan fingerprint density at radius 2 is 1.87 bits per heavy atom. The Morgan fingerprint density at radius 3 is 2.58 bits per heavy atom. The molecule has 156 valence electrons. The van der Waals surface area contributed by atoms with Crippen molar-refractivity contribution < 1.29 is 9.59 Å². The quantitative estimate of drug-likeness (QED) is 0.394. The summed E-state index contributed by atoms with van der Waals surface area (Å²) in [4.78, 5) is 32.5. The zero-order valence-corrected chi connectivity index (χ0v) is 17.3. The van der Waals surface area contributed by atoms with Gasteiger partial charge in [-0.25, -0.2) is 4.79 Å². The normalized spacial score (nSPS) is 10.6. The number of rotatable bonds is 5. The first-order chi connectivity index (χ1) is 15.1.